The van der Waals surface area contributed by atoms with Crippen molar-refractivity contribution in [3.05, 3.63) is 23.8 Å². The molecule has 2 saturated heterocycles. The Morgan fingerprint density at radius 1 is 1.34 bits per heavy atom. The Balaban J connectivity index is 1.70. The maximum absolute atomic E-state index is 12.3. The van der Waals surface area contributed by atoms with Crippen LogP contribution in [0.15, 0.2) is 23.8 Å². The summed E-state index contributed by atoms with van der Waals surface area (Å²) < 4.78 is 23.5. The van der Waals surface area contributed by atoms with Crippen molar-refractivity contribution in [2.24, 2.45) is 5.92 Å². The van der Waals surface area contributed by atoms with Crippen LogP contribution in [0.2, 0.25) is 0 Å². The molecular weight excluding hydrogens is 376 g/mol. The molecule has 0 bridgehead atoms. The minimum atomic E-state index is -1.11. The molecule has 2 N–H and O–H groups in total. The number of aliphatic hydroxyl groups excluding tert-OH is 2. The van der Waals surface area contributed by atoms with Crippen molar-refractivity contribution >= 4 is 5.97 Å². The number of aliphatic hydroxyl groups is 2. The summed E-state index contributed by atoms with van der Waals surface area (Å²) in [6.45, 7) is 8.36. The van der Waals surface area contributed by atoms with Crippen LogP contribution >= 0.6 is 0 Å². The van der Waals surface area contributed by atoms with Crippen LogP contribution < -0.4 is 0 Å². The molecule has 0 aromatic rings. The highest BCUT2D eigenvalue weighted by Gasteiger charge is 2.72. The van der Waals surface area contributed by atoms with E-state index in [1.165, 1.54) is 18.6 Å². The van der Waals surface area contributed by atoms with Crippen molar-refractivity contribution in [2.75, 3.05) is 13.7 Å². The number of rotatable bonds is 8. The topological polar surface area (TPSA) is 101 Å². The summed E-state index contributed by atoms with van der Waals surface area (Å²) in [5.41, 5.74) is 0.605. The Labute approximate surface area is 172 Å². The Morgan fingerprint density at radius 2 is 2.03 bits per heavy atom. The van der Waals surface area contributed by atoms with Crippen molar-refractivity contribution < 1.29 is 34.0 Å². The molecule has 0 amide bonds. The van der Waals surface area contributed by atoms with Gasteiger partial charge in [-0.15, -0.1) is 0 Å². The van der Waals surface area contributed by atoms with E-state index in [-0.39, 0.29) is 29.3 Å². The first-order chi connectivity index (χ1) is 13.6. The Morgan fingerprint density at radius 3 is 2.59 bits per heavy atom. The molecule has 3 rings (SSSR count). The van der Waals surface area contributed by atoms with Crippen LogP contribution in [-0.2, 0) is 23.7 Å². The molecule has 1 aliphatic carbocycles. The van der Waals surface area contributed by atoms with Gasteiger partial charge < -0.3 is 29.2 Å². The van der Waals surface area contributed by atoms with Gasteiger partial charge in [0.2, 0.25) is 0 Å². The fourth-order valence-corrected chi connectivity index (χ4v) is 4.60. The van der Waals surface area contributed by atoms with Gasteiger partial charge in [-0.05, 0) is 53.0 Å². The zero-order valence-electron chi connectivity index (χ0n) is 18.0. The number of methoxy groups -OCH3 is 1. The molecule has 8 atom stereocenters. The monoisotopic (exact) mass is 410 g/mol. The lowest BCUT2D eigenvalue weighted by atomic mass is 9.68. The number of hydrogen-bond donors (Lipinski definition) is 2. The molecule has 1 saturated carbocycles. The zero-order valence-corrected chi connectivity index (χ0v) is 18.0. The SMILES string of the molecule is COC1C(OC(=O)C=CC(O)C(C)O)CCC2(CO2)C1C1(C)OC1CC=C(C)C. The molecule has 3 fully saturated rings. The summed E-state index contributed by atoms with van der Waals surface area (Å²) in [5.74, 6) is -0.597. The van der Waals surface area contributed by atoms with Gasteiger partial charge in [0.05, 0.1) is 30.8 Å². The largest absolute Gasteiger partial charge is 0.456 e. The maximum Gasteiger partial charge on any atom is 0.330 e. The summed E-state index contributed by atoms with van der Waals surface area (Å²) in [6, 6.07) is 0. The van der Waals surface area contributed by atoms with Crippen LogP contribution in [0.3, 0.4) is 0 Å². The Hall–Kier alpha value is -1.25. The van der Waals surface area contributed by atoms with Crippen LogP contribution in [-0.4, -0.2) is 71.6 Å². The number of epoxide rings is 2. The van der Waals surface area contributed by atoms with Gasteiger partial charge in [0.15, 0.2) is 0 Å². The zero-order chi connectivity index (χ0) is 21.4. The lowest BCUT2D eigenvalue weighted by Gasteiger charge is -2.42. The number of ether oxygens (including phenoxy) is 4. The number of hydrogen-bond acceptors (Lipinski definition) is 7. The van der Waals surface area contributed by atoms with E-state index in [0.717, 1.165) is 18.9 Å². The van der Waals surface area contributed by atoms with E-state index in [1.54, 1.807) is 7.11 Å². The fraction of sp³-hybridized carbons (Fsp3) is 0.773. The Bertz CT molecular complexity index is 662. The van der Waals surface area contributed by atoms with E-state index >= 15 is 0 Å². The van der Waals surface area contributed by atoms with Crippen LogP contribution in [0.25, 0.3) is 0 Å². The first-order valence-electron chi connectivity index (χ1n) is 10.4. The van der Waals surface area contributed by atoms with Gasteiger partial charge in [-0.25, -0.2) is 4.79 Å². The standard InChI is InChI=1S/C22H34O7/c1-13(2)6-8-17-21(4,29-17)20-19(26-5)16(10-11-22(20)12-27-22)28-18(25)9-7-15(24)14(3)23/h6-7,9,14-17,19-20,23-24H,8,10-12H2,1-5H3. The average Bonchev–Trinajstić information content (AvgIpc) is 3.57. The summed E-state index contributed by atoms with van der Waals surface area (Å²) in [7, 11) is 1.63. The molecule has 164 valence electrons. The van der Waals surface area contributed by atoms with Crippen molar-refractivity contribution in [3.8, 4) is 0 Å². The first kappa shape index (κ1) is 22.4. The van der Waals surface area contributed by atoms with Gasteiger partial charge in [-0.2, -0.15) is 0 Å². The highest BCUT2D eigenvalue weighted by Crippen LogP contribution is 2.59. The smallest absolute Gasteiger partial charge is 0.330 e. The Kier molecular flexibility index (Phi) is 6.56. The van der Waals surface area contributed by atoms with Gasteiger partial charge in [0.1, 0.15) is 23.4 Å². The molecule has 2 heterocycles. The third-order valence-corrected chi connectivity index (χ3v) is 6.43. The number of esters is 1. The van der Waals surface area contributed by atoms with Gasteiger partial charge >= 0.3 is 5.97 Å². The number of carbonyl (C=O) groups excluding carboxylic acids is 1. The predicted molar refractivity (Wildman–Crippen MR) is 106 cm³/mol. The van der Waals surface area contributed by atoms with Crippen LogP contribution in [0.5, 0.6) is 0 Å². The minimum Gasteiger partial charge on any atom is -0.456 e. The highest BCUT2D eigenvalue weighted by atomic mass is 16.6. The van der Waals surface area contributed by atoms with Crippen LogP contribution in [0, 0.1) is 5.92 Å². The molecule has 29 heavy (non-hydrogen) atoms. The second-order valence-electron chi connectivity index (χ2n) is 8.94. The highest BCUT2D eigenvalue weighted by molar-refractivity contribution is 5.82. The van der Waals surface area contributed by atoms with Crippen LogP contribution in [0.1, 0.15) is 47.0 Å². The molecule has 7 nitrogen and oxygen atoms in total. The molecule has 0 radical (unpaired) electrons. The predicted octanol–water partition coefficient (Wildman–Crippen LogP) is 1.90. The second kappa shape index (κ2) is 8.47. The summed E-state index contributed by atoms with van der Waals surface area (Å²) in [6.07, 6.45) is 4.09. The van der Waals surface area contributed by atoms with Crippen molar-refractivity contribution in [3.63, 3.8) is 0 Å². The number of allylic oxidation sites excluding steroid dienone is 1. The normalized spacial score (nSPS) is 40.5. The van der Waals surface area contributed by atoms with E-state index in [4.69, 9.17) is 18.9 Å². The van der Waals surface area contributed by atoms with E-state index < -0.39 is 24.3 Å². The molecule has 7 heteroatoms. The molecule has 8 unspecified atom stereocenters. The quantitative estimate of drug-likeness (QED) is 0.273. The van der Waals surface area contributed by atoms with E-state index in [0.29, 0.717) is 13.0 Å². The van der Waals surface area contributed by atoms with Gasteiger partial charge in [0.25, 0.3) is 0 Å². The van der Waals surface area contributed by atoms with E-state index in [9.17, 15) is 15.0 Å². The molecule has 1 spiro atoms. The third kappa shape index (κ3) is 4.75. The lowest BCUT2D eigenvalue weighted by Crippen LogP contribution is -2.55. The van der Waals surface area contributed by atoms with E-state index in [1.807, 2.05) is 0 Å². The molecule has 2 aliphatic heterocycles. The van der Waals surface area contributed by atoms with E-state index in [2.05, 4.69) is 26.8 Å². The molecule has 0 aromatic carbocycles. The molecular formula is C22H34O7. The maximum atomic E-state index is 12.3. The van der Waals surface area contributed by atoms with Crippen LogP contribution in [0.4, 0.5) is 0 Å². The molecule has 3 aliphatic rings. The summed E-state index contributed by atoms with van der Waals surface area (Å²) in [5, 5.41) is 19.0. The average molecular weight is 411 g/mol. The van der Waals surface area contributed by atoms with Gasteiger partial charge in [-0.1, -0.05) is 11.6 Å². The number of carbonyl (C=O) groups is 1. The minimum absolute atomic E-state index is 0.0332. The van der Waals surface area contributed by atoms with Crippen molar-refractivity contribution in [2.45, 2.75) is 88.7 Å². The van der Waals surface area contributed by atoms with Crippen molar-refractivity contribution in [1.82, 2.24) is 0 Å². The summed E-state index contributed by atoms with van der Waals surface area (Å²) in [4.78, 5) is 12.3. The fourth-order valence-electron chi connectivity index (χ4n) is 4.60. The molecule has 0 aromatic heterocycles. The van der Waals surface area contributed by atoms with Gasteiger partial charge in [0, 0.05) is 13.2 Å². The summed E-state index contributed by atoms with van der Waals surface area (Å²) >= 11 is 0. The first-order valence-corrected chi connectivity index (χ1v) is 10.4. The second-order valence-corrected chi connectivity index (χ2v) is 8.94. The van der Waals surface area contributed by atoms with Gasteiger partial charge in [-0.3, -0.25) is 0 Å². The third-order valence-electron chi connectivity index (χ3n) is 6.43. The lowest BCUT2D eigenvalue weighted by molar-refractivity contribution is -0.166. The van der Waals surface area contributed by atoms with Crippen molar-refractivity contribution in [1.29, 1.82) is 0 Å².